The smallest absolute Gasteiger partial charge is 0.420 e. The minimum Gasteiger partial charge on any atom is -0.477 e. The van der Waals surface area contributed by atoms with Gasteiger partial charge in [0.2, 0.25) is 11.7 Å². The van der Waals surface area contributed by atoms with Gasteiger partial charge in [0.25, 0.3) is 5.91 Å². The van der Waals surface area contributed by atoms with Crippen molar-refractivity contribution in [2.24, 2.45) is 0 Å². The van der Waals surface area contributed by atoms with Crippen molar-refractivity contribution in [3.63, 3.8) is 0 Å². The molecule has 0 aromatic carbocycles. The largest absolute Gasteiger partial charge is 0.477 e. The monoisotopic (exact) mass is 452 g/mol. The number of amides is 2. The summed E-state index contributed by atoms with van der Waals surface area (Å²) in [5, 5.41) is 21.6. The lowest BCUT2D eigenvalue weighted by atomic mass is 10.2. The third-order valence-electron chi connectivity index (χ3n) is 5.86. The van der Waals surface area contributed by atoms with Crippen molar-refractivity contribution in [1.82, 2.24) is 29.9 Å². The van der Waals surface area contributed by atoms with Crippen molar-refractivity contribution in [3.8, 4) is 5.88 Å². The molecule has 0 bridgehead atoms. The van der Waals surface area contributed by atoms with Gasteiger partial charge in [0.1, 0.15) is 5.56 Å². The Balaban J connectivity index is 1.45. The molecule has 3 aromatic rings. The minimum absolute atomic E-state index is 0.00646. The zero-order valence-electron chi connectivity index (χ0n) is 18.4. The number of imidazole rings is 1. The van der Waals surface area contributed by atoms with Crippen LogP contribution in [-0.4, -0.2) is 73.5 Å². The Morgan fingerprint density at radius 1 is 1.24 bits per heavy atom. The predicted octanol–water partition coefficient (Wildman–Crippen LogP) is 1.49. The Bertz CT molecular complexity index is 1220. The molecule has 1 saturated heterocycles. The number of nitrogens with one attached hydrogen (secondary N) is 1. The van der Waals surface area contributed by atoms with E-state index in [1.165, 1.54) is 12.3 Å². The SMILES string of the molecule is CCOc1nc2nc(C)cn2cc1C(=O)N(C(=O)O)c1ccc(N2CCNC3(CC3)C2)nn1. The lowest BCUT2D eigenvalue weighted by Crippen LogP contribution is -2.52. The lowest BCUT2D eigenvalue weighted by molar-refractivity contribution is 0.0977. The summed E-state index contributed by atoms with van der Waals surface area (Å²) in [7, 11) is 0. The molecular weight excluding hydrogens is 428 g/mol. The van der Waals surface area contributed by atoms with Crippen molar-refractivity contribution < 1.29 is 19.4 Å². The van der Waals surface area contributed by atoms with Gasteiger partial charge >= 0.3 is 6.09 Å². The molecule has 1 saturated carbocycles. The summed E-state index contributed by atoms with van der Waals surface area (Å²) < 4.78 is 7.07. The van der Waals surface area contributed by atoms with Crippen molar-refractivity contribution in [1.29, 1.82) is 0 Å². The van der Waals surface area contributed by atoms with Gasteiger partial charge in [-0.1, -0.05) is 0 Å². The highest BCUT2D eigenvalue weighted by atomic mass is 16.5. The predicted molar refractivity (Wildman–Crippen MR) is 118 cm³/mol. The maximum absolute atomic E-state index is 13.3. The highest BCUT2D eigenvalue weighted by Crippen LogP contribution is 2.38. The minimum atomic E-state index is -1.48. The quantitative estimate of drug-likeness (QED) is 0.585. The molecule has 2 fully saturated rings. The Hall–Kier alpha value is -3.80. The van der Waals surface area contributed by atoms with Gasteiger partial charge in [-0.05, 0) is 38.8 Å². The van der Waals surface area contributed by atoms with Gasteiger partial charge in [-0.2, -0.15) is 9.88 Å². The normalized spacial score (nSPS) is 16.7. The molecule has 33 heavy (non-hydrogen) atoms. The molecule has 2 N–H and O–H groups in total. The molecule has 2 amide bonds. The molecule has 0 unspecified atom stereocenters. The number of carboxylic acid groups (broad SMARTS) is 1. The van der Waals surface area contributed by atoms with E-state index in [0.29, 0.717) is 22.2 Å². The summed E-state index contributed by atoms with van der Waals surface area (Å²) in [6.07, 6.45) is 3.93. The van der Waals surface area contributed by atoms with Gasteiger partial charge in [0, 0.05) is 37.6 Å². The fourth-order valence-corrected chi connectivity index (χ4v) is 4.07. The number of piperazine rings is 1. The van der Waals surface area contributed by atoms with Crippen LogP contribution in [0.15, 0.2) is 24.5 Å². The summed E-state index contributed by atoms with van der Waals surface area (Å²) in [5.41, 5.74) is 0.842. The molecule has 1 aliphatic carbocycles. The number of ether oxygens (including phenoxy) is 1. The van der Waals surface area contributed by atoms with Gasteiger partial charge < -0.3 is 20.1 Å². The van der Waals surface area contributed by atoms with Crippen LogP contribution < -0.4 is 19.9 Å². The maximum Gasteiger partial charge on any atom is 0.420 e. The molecular formula is C21H24N8O4. The fourth-order valence-electron chi connectivity index (χ4n) is 4.07. The summed E-state index contributed by atoms with van der Waals surface area (Å²) in [6, 6.07) is 3.18. The molecule has 0 radical (unpaired) electrons. The topological polar surface area (TPSA) is 138 Å². The van der Waals surface area contributed by atoms with E-state index >= 15 is 0 Å². The Labute approximate surface area is 189 Å². The van der Waals surface area contributed by atoms with Crippen molar-refractivity contribution in [2.45, 2.75) is 32.2 Å². The summed E-state index contributed by atoms with van der Waals surface area (Å²) >= 11 is 0. The van der Waals surface area contributed by atoms with Crippen molar-refractivity contribution in [2.75, 3.05) is 36.0 Å². The second kappa shape index (κ2) is 7.96. The number of carbonyl (C=O) groups excluding carboxylic acids is 1. The van der Waals surface area contributed by atoms with E-state index in [1.807, 2.05) is 0 Å². The fraction of sp³-hybridized carbons (Fsp3) is 0.429. The van der Waals surface area contributed by atoms with E-state index in [9.17, 15) is 14.7 Å². The average Bonchev–Trinajstić information content (AvgIpc) is 3.42. The highest BCUT2D eigenvalue weighted by Gasteiger charge is 2.45. The molecule has 12 nitrogen and oxygen atoms in total. The first-order chi connectivity index (χ1) is 15.9. The summed E-state index contributed by atoms with van der Waals surface area (Å²) in [5.74, 6) is 0.0657. The first kappa shape index (κ1) is 21.1. The number of carbonyl (C=O) groups is 2. The van der Waals surface area contributed by atoms with Crippen molar-refractivity contribution >= 4 is 29.4 Å². The van der Waals surface area contributed by atoms with Crippen molar-refractivity contribution in [3.05, 3.63) is 35.8 Å². The lowest BCUT2D eigenvalue weighted by Gasteiger charge is -2.34. The molecule has 1 spiro atoms. The van der Waals surface area contributed by atoms with Crippen LogP contribution in [0, 0.1) is 6.92 Å². The highest BCUT2D eigenvalue weighted by molar-refractivity contribution is 6.19. The van der Waals surface area contributed by atoms with Gasteiger partial charge in [-0.25, -0.2) is 9.78 Å². The van der Waals surface area contributed by atoms with Gasteiger partial charge in [-0.3, -0.25) is 9.20 Å². The Kier molecular flexibility index (Phi) is 5.08. The number of anilines is 2. The van der Waals surface area contributed by atoms with Crippen LogP contribution in [0.25, 0.3) is 5.78 Å². The first-order valence-electron chi connectivity index (χ1n) is 10.8. The third-order valence-corrected chi connectivity index (χ3v) is 5.86. The number of fused-ring (bicyclic) bond motifs is 1. The first-order valence-corrected chi connectivity index (χ1v) is 10.8. The standard InChI is InChI=1S/C21H24N8O4/c1-3-33-17-14(11-28-10-13(2)23-19(28)24-17)18(30)29(20(31)32)16-5-4-15(25-26-16)27-9-8-22-21(12-27)6-7-21/h4-5,10-11,22H,3,6-9,12H2,1-2H3,(H,31,32). The van der Waals surface area contributed by atoms with Crippen LogP contribution in [0.4, 0.5) is 16.4 Å². The Morgan fingerprint density at radius 3 is 2.73 bits per heavy atom. The third kappa shape index (κ3) is 3.93. The molecule has 12 heteroatoms. The van der Waals surface area contributed by atoms with Gasteiger partial charge in [0.05, 0.1) is 12.3 Å². The van der Waals surface area contributed by atoms with E-state index in [2.05, 4.69) is 30.4 Å². The van der Waals surface area contributed by atoms with Crippen LogP contribution in [0.2, 0.25) is 0 Å². The molecule has 172 valence electrons. The number of rotatable bonds is 5. The van der Waals surface area contributed by atoms with Gasteiger partial charge in [0.15, 0.2) is 11.6 Å². The zero-order chi connectivity index (χ0) is 23.2. The Morgan fingerprint density at radius 2 is 2.06 bits per heavy atom. The van der Waals surface area contributed by atoms with E-state index in [4.69, 9.17) is 4.74 Å². The van der Waals surface area contributed by atoms with Crippen LogP contribution in [-0.2, 0) is 0 Å². The van der Waals surface area contributed by atoms with E-state index < -0.39 is 12.0 Å². The average molecular weight is 452 g/mol. The van der Waals surface area contributed by atoms with E-state index in [0.717, 1.165) is 32.5 Å². The van der Waals surface area contributed by atoms with Crippen LogP contribution in [0.1, 0.15) is 35.8 Å². The number of hydrogen-bond donors (Lipinski definition) is 2. The van der Waals surface area contributed by atoms with Crippen LogP contribution in [0.5, 0.6) is 5.88 Å². The molecule has 1 aliphatic heterocycles. The number of hydrogen-bond acceptors (Lipinski definition) is 9. The summed E-state index contributed by atoms with van der Waals surface area (Å²) in [4.78, 5) is 36.6. The van der Waals surface area contributed by atoms with Crippen LogP contribution in [0.3, 0.4) is 0 Å². The van der Waals surface area contributed by atoms with E-state index in [1.54, 1.807) is 30.5 Å². The van der Waals surface area contributed by atoms with E-state index in [-0.39, 0.29) is 29.4 Å². The zero-order valence-corrected chi connectivity index (χ0v) is 18.4. The number of aryl methyl sites for hydroxylation is 1. The number of nitrogens with zero attached hydrogens (tertiary/aromatic N) is 7. The molecule has 0 atom stereocenters. The molecule has 5 rings (SSSR count). The number of aromatic nitrogens is 5. The molecule has 2 aliphatic rings. The number of imide groups is 1. The van der Waals surface area contributed by atoms with Crippen LogP contribution >= 0.6 is 0 Å². The second-order valence-electron chi connectivity index (χ2n) is 8.28. The maximum atomic E-state index is 13.3. The summed E-state index contributed by atoms with van der Waals surface area (Å²) in [6.45, 7) is 6.25. The van der Waals surface area contributed by atoms with Gasteiger partial charge in [-0.15, -0.1) is 10.2 Å². The molecule has 3 aromatic heterocycles. The second-order valence-corrected chi connectivity index (χ2v) is 8.28. The molecule has 4 heterocycles.